The first-order valence-corrected chi connectivity index (χ1v) is 8.20. The van der Waals surface area contributed by atoms with Crippen LogP contribution in [-0.4, -0.2) is 11.9 Å². The maximum Gasteiger partial charge on any atom is 0.223 e. The molecule has 3 rings (SSSR count). The third kappa shape index (κ3) is 3.41. The second kappa shape index (κ2) is 6.43. The highest BCUT2D eigenvalue weighted by atomic mass is 16.2. The lowest BCUT2D eigenvalue weighted by Gasteiger charge is -2.21. The van der Waals surface area contributed by atoms with Crippen molar-refractivity contribution >= 4 is 5.91 Å². The van der Waals surface area contributed by atoms with E-state index in [1.807, 2.05) is 6.07 Å². The maximum absolute atomic E-state index is 12.3. The minimum atomic E-state index is 0.225. The number of hydrogen-bond donors (Lipinski definition) is 1. The molecule has 0 radical (unpaired) electrons. The largest absolute Gasteiger partial charge is 0.353 e. The molecule has 2 aliphatic carbocycles. The lowest BCUT2D eigenvalue weighted by molar-refractivity contribution is -0.123. The highest BCUT2D eigenvalue weighted by Crippen LogP contribution is 2.47. The van der Waals surface area contributed by atoms with Crippen LogP contribution in [0.5, 0.6) is 0 Å². The normalized spacial score (nSPS) is 27.4. The van der Waals surface area contributed by atoms with Crippen LogP contribution < -0.4 is 5.32 Å². The van der Waals surface area contributed by atoms with Crippen LogP contribution in [0.15, 0.2) is 30.3 Å². The van der Waals surface area contributed by atoms with Crippen LogP contribution in [0.1, 0.15) is 62.8 Å². The molecule has 0 aromatic heterocycles. The van der Waals surface area contributed by atoms with Crippen LogP contribution in [0.25, 0.3) is 0 Å². The van der Waals surface area contributed by atoms with Crippen LogP contribution in [0, 0.1) is 5.92 Å². The molecule has 0 heterocycles. The van der Waals surface area contributed by atoms with E-state index in [1.54, 1.807) is 0 Å². The Hall–Kier alpha value is -1.31. The van der Waals surface area contributed by atoms with Gasteiger partial charge in [-0.2, -0.15) is 0 Å². The van der Waals surface area contributed by atoms with E-state index < -0.39 is 0 Å². The van der Waals surface area contributed by atoms with Gasteiger partial charge in [0.05, 0.1) is 0 Å². The van der Waals surface area contributed by atoms with Gasteiger partial charge in [-0.15, -0.1) is 0 Å². The quantitative estimate of drug-likeness (QED) is 0.884. The van der Waals surface area contributed by atoms with Gasteiger partial charge in [0.15, 0.2) is 0 Å². The van der Waals surface area contributed by atoms with Crippen molar-refractivity contribution in [3.63, 3.8) is 0 Å². The van der Waals surface area contributed by atoms with Crippen molar-refractivity contribution in [2.75, 3.05) is 0 Å². The Bertz CT molecular complexity index is 434. The van der Waals surface area contributed by atoms with Crippen molar-refractivity contribution in [1.29, 1.82) is 0 Å². The fraction of sp³-hybridized carbons (Fsp3) is 0.611. The monoisotopic (exact) mass is 271 g/mol. The number of benzene rings is 1. The van der Waals surface area contributed by atoms with Crippen molar-refractivity contribution in [1.82, 2.24) is 5.32 Å². The highest BCUT2D eigenvalue weighted by molar-refractivity contribution is 5.83. The van der Waals surface area contributed by atoms with Gasteiger partial charge in [0, 0.05) is 12.0 Å². The van der Waals surface area contributed by atoms with Gasteiger partial charge in [-0.05, 0) is 30.7 Å². The molecule has 2 nitrogen and oxygen atoms in total. The molecule has 2 heteroatoms. The molecule has 2 fully saturated rings. The third-order valence-corrected chi connectivity index (χ3v) is 4.81. The van der Waals surface area contributed by atoms with Crippen molar-refractivity contribution in [2.45, 2.75) is 63.3 Å². The average molecular weight is 271 g/mol. The van der Waals surface area contributed by atoms with Gasteiger partial charge in [-0.1, -0.05) is 62.4 Å². The van der Waals surface area contributed by atoms with E-state index in [0.29, 0.717) is 17.9 Å². The zero-order chi connectivity index (χ0) is 13.8. The molecular formula is C18H25NO. The molecule has 0 spiro atoms. The lowest BCUT2D eigenvalue weighted by Crippen LogP contribution is -2.36. The van der Waals surface area contributed by atoms with Crippen LogP contribution >= 0.6 is 0 Å². The summed E-state index contributed by atoms with van der Waals surface area (Å²) in [5, 5.41) is 3.31. The number of rotatable bonds is 3. The number of nitrogens with one attached hydrogen (secondary N) is 1. The van der Waals surface area contributed by atoms with Gasteiger partial charge in [0.25, 0.3) is 0 Å². The zero-order valence-corrected chi connectivity index (χ0v) is 12.2. The zero-order valence-electron chi connectivity index (χ0n) is 12.2. The molecule has 108 valence electrons. The summed E-state index contributed by atoms with van der Waals surface area (Å²) < 4.78 is 0. The van der Waals surface area contributed by atoms with Gasteiger partial charge < -0.3 is 5.32 Å². The number of carbonyl (C=O) groups excluding carboxylic acids is 1. The van der Waals surface area contributed by atoms with Gasteiger partial charge in [0.1, 0.15) is 0 Å². The number of hydrogen-bond acceptors (Lipinski definition) is 1. The van der Waals surface area contributed by atoms with Crippen LogP contribution in [0.3, 0.4) is 0 Å². The first kappa shape index (κ1) is 13.7. The summed E-state index contributed by atoms with van der Waals surface area (Å²) in [5.41, 5.74) is 1.32. The summed E-state index contributed by atoms with van der Waals surface area (Å²) in [6.45, 7) is 0. The van der Waals surface area contributed by atoms with Crippen molar-refractivity contribution in [3.8, 4) is 0 Å². The SMILES string of the molecule is O=C(NC1CCCCCCC1)[C@H]1C[C@H]1c1ccccc1. The van der Waals surface area contributed by atoms with E-state index in [0.717, 1.165) is 6.42 Å². The molecular weight excluding hydrogens is 246 g/mol. The molecule has 2 aliphatic rings. The molecule has 0 aliphatic heterocycles. The summed E-state index contributed by atoms with van der Waals surface area (Å²) in [6.07, 6.45) is 9.98. The predicted molar refractivity (Wildman–Crippen MR) is 81.5 cm³/mol. The van der Waals surface area contributed by atoms with E-state index in [1.165, 1.54) is 50.5 Å². The third-order valence-electron chi connectivity index (χ3n) is 4.81. The van der Waals surface area contributed by atoms with Crippen molar-refractivity contribution in [3.05, 3.63) is 35.9 Å². The van der Waals surface area contributed by atoms with E-state index >= 15 is 0 Å². The Kier molecular flexibility index (Phi) is 4.39. The smallest absolute Gasteiger partial charge is 0.223 e. The molecule has 1 amide bonds. The van der Waals surface area contributed by atoms with Crippen molar-refractivity contribution in [2.24, 2.45) is 5.92 Å². The molecule has 2 atom stereocenters. The molecule has 1 aromatic carbocycles. The van der Waals surface area contributed by atoms with Crippen LogP contribution in [0.2, 0.25) is 0 Å². The number of carbonyl (C=O) groups is 1. The first-order valence-electron chi connectivity index (χ1n) is 8.20. The molecule has 0 bridgehead atoms. The lowest BCUT2D eigenvalue weighted by atomic mass is 9.96. The number of amides is 1. The molecule has 2 saturated carbocycles. The van der Waals surface area contributed by atoms with Crippen LogP contribution in [-0.2, 0) is 4.79 Å². The van der Waals surface area contributed by atoms with E-state index in [-0.39, 0.29) is 5.92 Å². The highest BCUT2D eigenvalue weighted by Gasteiger charge is 2.44. The molecule has 0 saturated heterocycles. The fourth-order valence-electron chi connectivity index (χ4n) is 3.46. The van der Waals surface area contributed by atoms with Gasteiger partial charge in [0.2, 0.25) is 5.91 Å². The Morgan fingerprint density at radius 2 is 1.60 bits per heavy atom. The van der Waals surface area contributed by atoms with Crippen molar-refractivity contribution < 1.29 is 4.79 Å². The Labute approximate surface area is 122 Å². The summed E-state index contributed by atoms with van der Waals surface area (Å²) in [4.78, 5) is 12.3. The second-order valence-electron chi connectivity index (χ2n) is 6.41. The summed E-state index contributed by atoms with van der Waals surface area (Å²) >= 11 is 0. The fourth-order valence-corrected chi connectivity index (χ4v) is 3.46. The Morgan fingerprint density at radius 1 is 0.950 bits per heavy atom. The summed E-state index contributed by atoms with van der Waals surface area (Å²) in [7, 11) is 0. The molecule has 0 unspecified atom stereocenters. The topological polar surface area (TPSA) is 29.1 Å². The Morgan fingerprint density at radius 3 is 2.30 bits per heavy atom. The molecule has 1 N–H and O–H groups in total. The molecule has 1 aromatic rings. The van der Waals surface area contributed by atoms with E-state index in [9.17, 15) is 4.79 Å². The van der Waals surface area contributed by atoms with Gasteiger partial charge in [-0.3, -0.25) is 4.79 Å². The first-order chi connectivity index (χ1) is 9.84. The minimum Gasteiger partial charge on any atom is -0.353 e. The minimum absolute atomic E-state index is 0.225. The summed E-state index contributed by atoms with van der Waals surface area (Å²) in [5.74, 6) is 0.983. The summed E-state index contributed by atoms with van der Waals surface area (Å²) in [6, 6.07) is 10.9. The second-order valence-corrected chi connectivity index (χ2v) is 6.41. The Balaban J connectivity index is 1.50. The predicted octanol–water partition coefficient (Wildman–Crippen LogP) is 4.02. The average Bonchev–Trinajstić information content (AvgIpc) is 3.23. The van der Waals surface area contributed by atoms with E-state index in [4.69, 9.17) is 0 Å². The van der Waals surface area contributed by atoms with Gasteiger partial charge >= 0.3 is 0 Å². The standard InChI is InChI=1S/C18H25NO/c20-18(19-15-11-7-2-1-3-8-12-15)17-13-16(17)14-9-5-4-6-10-14/h4-6,9-10,15-17H,1-3,7-8,11-13H2,(H,19,20)/t16-,17-/m0/s1. The molecule has 20 heavy (non-hydrogen) atoms. The van der Waals surface area contributed by atoms with E-state index in [2.05, 4.69) is 29.6 Å². The van der Waals surface area contributed by atoms with Crippen LogP contribution in [0.4, 0.5) is 0 Å². The maximum atomic E-state index is 12.3. The van der Waals surface area contributed by atoms with Gasteiger partial charge in [-0.25, -0.2) is 0 Å².